The second-order valence-corrected chi connectivity index (χ2v) is 5.14. The Bertz CT molecular complexity index is 267. The number of carbonyl (C=O) groups excluding carboxylic acids is 1. The number of carbonyl (C=O) groups is 1. The minimum Gasteiger partial charge on any atom is -0.385 e. The summed E-state index contributed by atoms with van der Waals surface area (Å²) in [7, 11) is 1.72. The first kappa shape index (κ1) is 13.6. The van der Waals surface area contributed by atoms with Crippen LogP contribution in [0.4, 0.5) is 4.79 Å². The van der Waals surface area contributed by atoms with Crippen molar-refractivity contribution in [1.82, 2.24) is 15.1 Å². The first-order valence-corrected chi connectivity index (χ1v) is 7.08. The number of hydrogen-bond acceptors (Lipinski definition) is 3. The summed E-state index contributed by atoms with van der Waals surface area (Å²) in [6.07, 6.45) is 4.28. The molecule has 18 heavy (non-hydrogen) atoms. The molecule has 0 saturated carbocycles. The van der Waals surface area contributed by atoms with Gasteiger partial charge in [-0.2, -0.15) is 0 Å². The van der Waals surface area contributed by atoms with Crippen molar-refractivity contribution < 1.29 is 9.53 Å². The molecule has 0 bridgehead atoms. The Kier molecular flexibility index (Phi) is 5.26. The SMILES string of the molecule is COCCCCN1CCN(C2CCNCC2)C1=O. The van der Waals surface area contributed by atoms with Crippen molar-refractivity contribution in [2.75, 3.05) is 46.4 Å². The Hall–Kier alpha value is -0.810. The molecule has 0 atom stereocenters. The molecule has 0 aromatic heterocycles. The van der Waals surface area contributed by atoms with Crippen molar-refractivity contribution in [2.45, 2.75) is 31.7 Å². The number of hydrogen-bond donors (Lipinski definition) is 1. The molecule has 0 aliphatic carbocycles. The van der Waals surface area contributed by atoms with Gasteiger partial charge in [0.1, 0.15) is 0 Å². The fourth-order valence-corrected chi connectivity index (χ4v) is 2.82. The highest BCUT2D eigenvalue weighted by molar-refractivity contribution is 5.76. The van der Waals surface area contributed by atoms with Crippen molar-refractivity contribution in [3.63, 3.8) is 0 Å². The maximum atomic E-state index is 12.3. The normalized spacial score (nSPS) is 21.9. The highest BCUT2D eigenvalue weighted by Crippen LogP contribution is 2.18. The predicted octanol–water partition coefficient (Wildman–Crippen LogP) is 0.903. The van der Waals surface area contributed by atoms with Gasteiger partial charge < -0.3 is 19.9 Å². The van der Waals surface area contributed by atoms with Crippen LogP contribution in [0.25, 0.3) is 0 Å². The third-order valence-corrected chi connectivity index (χ3v) is 3.90. The number of amides is 2. The zero-order chi connectivity index (χ0) is 12.8. The molecule has 2 fully saturated rings. The van der Waals surface area contributed by atoms with Crippen LogP contribution in [0.2, 0.25) is 0 Å². The smallest absolute Gasteiger partial charge is 0.320 e. The maximum Gasteiger partial charge on any atom is 0.320 e. The van der Waals surface area contributed by atoms with E-state index in [-0.39, 0.29) is 6.03 Å². The van der Waals surface area contributed by atoms with Gasteiger partial charge in [0.25, 0.3) is 0 Å². The number of unbranched alkanes of at least 4 members (excludes halogenated alkanes) is 1. The first-order valence-electron chi connectivity index (χ1n) is 7.08. The van der Waals surface area contributed by atoms with Crippen molar-refractivity contribution in [1.29, 1.82) is 0 Å². The lowest BCUT2D eigenvalue weighted by molar-refractivity contribution is 0.162. The zero-order valence-electron chi connectivity index (χ0n) is 11.4. The topological polar surface area (TPSA) is 44.8 Å². The lowest BCUT2D eigenvalue weighted by atomic mass is 10.1. The quantitative estimate of drug-likeness (QED) is 0.717. The highest BCUT2D eigenvalue weighted by atomic mass is 16.5. The van der Waals surface area contributed by atoms with Crippen LogP contribution in [0.3, 0.4) is 0 Å². The summed E-state index contributed by atoms with van der Waals surface area (Å²) in [5, 5.41) is 3.35. The van der Waals surface area contributed by atoms with E-state index in [4.69, 9.17) is 4.74 Å². The fourth-order valence-electron chi connectivity index (χ4n) is 2.82. The lowest BCUT2D eigenvalue weighted by Gasteiger charge is -2.31. The molecule has 0 aromatic rings. The van der Waals surface area contributed by atoms with Gasteiger partial charge in [-0.3, -0.25) is 0 Å². The Labute approximate surface area is 109 Å². The molecule has 5 heteroatoms. The van der Waals surface area contributed by atoms with E-state index in [9.17, 15) is 4.79 Å². The second-order valence-electron chi connectivity index (χ2n) is 5.14. The molecule has 0 unspecified atom stereocenters. The zero-order valence-corrected chi connectivity index (χ0v) is 11.4. The number of methoxy groups -OCH3 is 1. The largest absolute Gasteiger partial charge is 0.385 e. The molecule has 0 spiro atoms. The molecule has 2 rings (SSSR count). The summed E-state index contributed by atoms with van der Waals surface area (Å²) >= 11 is 0. The standard InChI is InChI=1S/C13H25N3O2/c1-18-11-3-2-8-15-9-10-16(13(15)17)12-4-6-14-7-5-12/h12,14H,2-11H2,1H3. The Morgan fingerprint density at radius 3 is 2.78 bits per heavy atom. The average molecular weight is 255 g/mol. The van der Waals surface area contributed by atoms with E-state index in [2.05, 4.69) is 10.2 Å². The number of piperidine rings is 1. The van der Waals surface area contributed by atoms with Gasteiger partial charge in [-0.15, -0.1) is 0 Å². The summed E-state index contributed by atoms with van der Waals surface area (Å²) in [4.78, 5) is 16.3. The van der Waals surface area contributed by atoms with Gasteiger partial charge in [0.2, 0.25) is 0 Å². The molecule has 104 valence electrons. The number of rotatable bonds is 6. The first-order chi connectivity index (χ1) is 8.83. The van der Waals surface area contributed by atoms with Gasteiger partial charge in [-0.05, 0) is 38.8 Å². The van der Waals surface area contributed by atoms with E-state index < -0.39 is 0 Å². The number of ether oxygens (including phenoxy) is 1. The van der Waals surface area contributed by atoms with Crippen molar-refractivity contribution >= 4 is 6.03 Å². The third kappa shape index (κ3) is 3.36. The molecule has 2 heterocycles. The maximum absolute atomic E-state index is 12.3. The summed E-state index contributed by atoms with van der Waals surface area (Å²) in [6.45, 7) is 5.57. The lowest BCUT2D eigenvalue weighted by Crippen LogP contribution is -2.45. The predicted molar refractivity (Wildman–Crippen MR) is 70.7 cm³/mol. The van der Waals surface area contributed by atoms with Crippen LogP contribution in [-0.2, 0) is 4.74 Å². The number of urea groups is 1. The molecule has 1 N–H and O–H groups in total. The van der Waals surface area contributed by atoms with Gasteiger partial charge in [0.15, 0.2) is 0 Å². The molecule has 2 saturated heterocycles. The van der Waals surface area contributed by atoms with Crippen LogP contribution in [-0.4, -0.2) is 68.3 Å². The Morgan fingerprint density at radius 2 is 2.06 bits per heavy atom. The molecule has 0 aromatic carbocycles. The van der Waals surface area contributed by atoms with Gasteiger partial charge >= 0.3 is 6.03 Å². The van der Waals surface area contributed by atoms with E-state index in [1.54, 1.807) is 7.11 Å². The average Bonchev–Trinajstić information content (AvgIpc) is 2.77. The third-order valence-electron chi connectivity index (χ3n) is 3.90. The van der Waals surface area contributed by atoms with Crippen LogP contribution < -0.4 is 5.32 Å². The van der Waals surface area contributed by atoms with Crippen molar-refractivity contribution in [3.8, 4) is 0 Å². The summed E-state index contributed by atoms with van der Waals surface area (Å²) < 4.78 is 5.03. The molecular formula is C13H25N3O2. The minimum atomic E-state index is 0.249. The number of nitrogens with zero attached hydrogens (tertiary/aromatic N) is 2. The molecule has 0 radical (unpaired) electrons. The van der Waals surface area contributed by atoms with Crippen LogP contribution in [0, 0.1) is 0 Å². The van der Waals surface area contributed by atoms with E-state index in [0.717, 1.165) is 65.0 Å². The van der Waals surface area contributed by atoms with E-state index in [0.29, 0.717) is 6.04 Å². The Morgan fingerprint density at radius 1 is 1.28 bits per heavy atom. The van der Waals surface area contributed by atoms with Crippen LogP contribution in [0.15, 0.2) is 0 Å². The molecule has 5 nitrogen and oxygen atoms in total. The van der Waals surface area contributed by atoms with Crippen molar-refractivity contribution in [3.05, 3.63) is 0 Å². The Balaban J connectivity index is 1.74. The van der Waals surface area contributed by atoms with E-state index >= 15 is 0 Å². The summed E-state index contributed by atoms with van der Waals surface area (Å²) in [5.41, 5.74) is 0. The molecule has 2 amide bonds. The highest BCUT2D eigenvalue weighted by Gasteiger charge is 2.33. The van der Waals surface area contributed by atoms with Gasteiger partial charge in [-0.25, -0.2) is 4.79 Å². The molecule has 2 aliphatic rings. The number of nitrogens with one attached hydrogen (secondary N) is 1. The van der Waals surface area contributed by atoms with Gasteiger partial charge in [-0.1, -0.05) is 0 Å². The van der Waals surface area contributed by atoms with Gasteiger partial charge in [0, 0.05) is 39.4 Å². The van der Waals surface area contributed by atoms with Crippen LogP contribution >= 0.6 is 0 Å². The van der Waals surface area contributed by atoms with Crippen molar-refractivity contribution in [2.24, 2.45) is 0 Å². The molecule has 2 aliphatic heterocycles. The summed E-state index contributed by atoms with van der Waals surface area (Å²) in [6, 6.07) is 0.710. The van der Waals surface area contributed by atoms with E-state index in [1.807, 2.05) is 4.90 Å². The summed E-state index contributed by atoms with van der Waals surface area (Å²) in [5.74, 6) is 0. The van der Waals surface area contributed by atoms with Crippen LogP contribution in [0.5, 0.6) is 0 Å². The minimum absolute atomic E-state index is 0.249. The second kappa shape index (κ2) is 6.95. The van der Waals surface area contributed by atoms with Gasteiger partial charge in [0.05, 0.1) is 0 Å². The van der Waals surface area contributed by atoms with Crippen LogP contribution in [0.1, 0.15) is 25.7 Å². The molecular weight excluding hydrogens is 230 g/mol. The monoisotopic (exact) mass is 255 g/mol. The van der Waals surface area contributed by atoms with E-state index in [1.165, 1.54) is 0 Å². The fraction of sp³-hybridized carbons (Fsp3) is 0.923.